The lowest BCUT2D eigenvalue weighted by Crippen LogP contribution is -2.27. The number of hydrogen-bond acceptors (Lipinski definition) is 2. The van der Waals surface area contributed by atoms with Crippen LogP contribution in [0.2, 0.25) is 0 Å². The molecule has 4 nitrogen and oxygen atoms in total. The van der Waals surface area contributed by atoms with E-state index in [1.165, 1.54) is 0 Å². The summed E-state index contributed by atoms with van der Waals surface area (Å²) in [4.78, 5) is 24.1. The molecule has 112 valence electrons. The Morgan fingerprint density at radius 3 is 2.82 bits per heavy atom. The minimum atomic E-state index is -0.186. The van der Waals surface area contributed by atoms with Crippen LogP contribution < -0.4 is 10.6 Å². The Morgan fingerprint density at radius 2 is 2.00 bits per heavy atom. The first kappa shape index (κ1) is 14.3. The molecular weight excluding hydrogens is 276 g/mol. The maximum Gasteiger partial charge on any atom is 0.251 e. The molecule has 2 aromatic rings. The predicted molar refractivity (Wildman–Crippen MR) is 85.9 cm³/mol. The number of aryl methyl sites for hydroxylation is 1. The summed E-state index contributed by atoms with van der Waals surface area (Å²) in [5.41, 5.74) is 3.59. The summed E-state index contributed by atoms with van der Waals surface area (Å²) in [5.74, 6) is -0.282. The van der Waals surface area contributed by atoms with Gasteiger partial charge in [0.2, 0.25) is 5.91 Å². The number of hydrogen-bond donors (Lipinski definition) is 2. The number of amides is 2. The van der Waals surface area contributed by atoms with Gasteiger partial charge in [-0.15, -0.1) is 0 Å². The smallest absolute Gasteiger partial charge is 0.251 e. The average molecular weight is 294 g/mol. The number of para-hydroxylation sites is 1. The first-order valence-corrected chi connectivity index (χ1v) is 7.40. The first-order valence-electron chi connectivity index (χ1n) is 7.40. The van der Waals surface area contributed by atoms with Crippen LogP contribution in [0.3, 0.4) is 0 Å². The van der Waals surface area contributed by atoms with Crippen LogP contribution in [0, 0.1) is 6.92 Å². The fraction of sp³-hybridized carbons (Fsp3) is 0.222. The van der Waals surface area contributed by atoms with Gasteiger partial charge in [-0.25, -0.2) is 0 Å². The molecular formula is C18H18N2O2. The van der Waals surface area contributed by atoms with Crippen LogP contribution >= 0.6 is 0 Å². The molecule has 1 aliphatic heterocycles. The molecule has 0 radical (unpaired) electrons. The summed E-state index contributed by atoms with van der Waals surface area (Å²) in [7, 11) is 0. The van der Waals surface area contributed by atoms with Crippen molar-refractivity contribution in [2.45, 2.75) is 19.3 Å². The molecule has 2 N–H and O–H groups in total. The highest BCUT2D eigenvalue weighted by Crippen LogP contribution is 2.33. The maximum absolute atomic E-state index is 12.1. The standard InChI is InChI=1S/C18H18N2O2/c1-12-5-4-6-13(11-12)17(21)19-10-9-15-14-7-2-3-8-16(14)20-18(15)22/h2-8,11,15H,9-10H2,1H3,(H,19,21)(H,20,22). The lowest BCUT2D eigenvalue weighted by atomic mass is 9.97. The van der Waals surface area contributed by atoms with Crippen molar-refractivity contribution in [3.05, 3.63) is 65.2 Å². The van der Waals surface area contributed by atoms with E-state index in [4.69, 9.17) is 0 Å². The SMILES string of the molecule is Cc1cccc(C(=O)NCCC2C(=O)Nc3ccccc32)c1. The zero-order chi connectivity index (χ0) is 15.5. The average Bonchev–Trinajstić information content (AvgIpc) is 2.83. The molecule has 2 aromatic carbocycles. The molecule has 1 unspecified atom stereocenters. The molecule has 0 saturated heterocycles. The molecule has 0 saturated carbocycles. The van der Waals surface area contributed by atoms with Crippen molar-refractivity contribution in [2.24, 2.45) is 0 Å². The third-order valence-corrected chi connectivity index (χ3v) is 3.91. The summed E-state index contributed by atoms with van der Waals surface area (Å²) in [6.07, 6.45) is 0.598. The lowest BCUT2D eigenvalue weighted by Gasteiger charge is -2.10. The van der Waals surface area contributed by atoms with E-state index in [-0.39, 0.29) is 17.7 Å². The molecule has 1 aliphatic rings. The molecule has 4 heteroatoms. The number of fused-ring (bicyclic) bond motifs is 1. The van der Waals surface area contributed by atoms with Gasteiger partial charge in [-0.05, 0) is 37.1 Å². The van der Waals surface area contributed by atoms with Gasteiger partial charge in [0, 0.05) is 17.8 Å². The van der Waals surface area contributed by atoms with Crippen molar-refractivity contribution in [1.82, 2.24) is 5.32 Å². The summed E-state index contributed by atoms with van der Waals surface area (Å²) in [6, 6.07) is 15.2. The number of rotatable bonds is 4. The summed E-state index contributed by atoms with van der Waals surface area (Å²) in [6.45, 7) is 2.43. The Labute approximate surface area is 129 Å². The Kier molecular flexibility index (Phi) is 3.92. The number of carbonyl (C=O) groups excluding carboxylic acids is 2. The van der Waals surface area contributed by atoms with E-state index in [2.05, 4.69) is 10.6 Å². The molecule has 1 atom stereocenters. The van der Waals surface area contributed by atoms with Crippen LogP contribution in [-0.2, 0) is 4.79 Å². The quantitative estimate of drug-likeness (QED) is 0.911. The van der Waals surface area contributed by atoms with Crippen molar-refractivity contribution in [3.63, 3.8) is 0 Å². The van der Waals surface area contributed by atoms with Gasteiger partial charge in [0.1, 0.15) is 0 Å². The monoisotopic (exact) mass is 294 g/mol. The Hall–Kier alpha value is -2.62. The predicted octanol–water partition coefficient (Wildman–Crippen LogP) is 2.85. The fourth-order valence-corrected chi connectivity index (χ4v) is 2.78. The summed E-state index contributed by atoms with van der Waals surface area (Å²) in [5, 5.41) is 5.76. The van der Waals surface area contributed by atoms with Crippen LogP contribution in [0.1, 0.15) is 33.8 Å². The maximum atomic E-state index is 12.1. The van der Waals surface area contributed by atoms with Crippen molar-refractivity contribution in [1.29, 1.82) is 0 Å². The lowest BCUT2D eigenvalue weighted by molar-refractivity contribution is -0.117. The number of anilines is 1. The second kappa shape index (κ2) is 6.02. The summed E-state index contributed by atoms with van der Waals surface area (Å²) >= 11 is 0. The molecule has 0 fully saturated rings. The minimum Gasteiger partial charge on any atom is -0.352 e. The van der Waals surface area contributed by atoms with Gasteiger partial charge in [-0.2, -0.15) is 0 Å². The second-order valence-electron chi connectivity index (χ2n) is 5.54. The topological polar surface area (TPSA) is 58.2 Å². The molecule has 2 amide bonds. The van der Waals surface area contributed by atoms with E-state index in [0.29, 0.717) is 18.5 Å². The van der Waals surface area contributed by atoms with Crippen LogP contribution in [0.5, 0.6) is 0 Å². The molecule has 3 rings (SSSR count). The van der Waals surface area contributed by atoms with E-state index >= 15 is 0 Å². The van der Waals surface area contributed by atoms with Gasteiger partial charge in [0.25, 0.3) is 5.91 Å². The second-order valence-corrected chi connectivity index (χ2v) is 5.54. The van der Waals surface area contributed by atoms with E-state index in [0.717, 1.165) is 16.8 Å². The molecule has 22 heavy (non-hydrogen) atoms. The Morgan fingerprint density at radius 1 is 1.18 bits per heavy atom. The Balaban J connectivity index is 1.60. The molecule has 0 aliphatic carbocycles. The number of nitrogens with one attached hydrogen (secondary N) is 2. The Bertz CT molecular complexity index is 725. The van der Waals surface area contributed by atoms with Gasteiger partial charge in [0.15, 0.2) is 0 Å². The van der Waals surface area contributed by atoms with Gasteiger partial charge in [-0.1, -0.05) is 35.9 Å². The third-order valence-electron chi connectivity index (χ3n) is 3.91. The zero-order valence-corrected chi connectivity index (χ0v) is 12.4. The van der Waals surface area contributed by atoms with Gasteiger partial charge >= 0.3 is 0 Å². The van der Waals surface area contributed by atoms with E-state index < -0.39 is 0 Å². The summed E-state index contributed by atoms with van der Waals surface area (Å²) < 4.78 is 0. The van der Waals surface area contributed by atoms with Gasteiger partial charge in [-0.3, -0.25) is 9.59 Å². The zero-order valence-electron chi connectivity index (χ0n) is 12.4. The van der Waals surface area contributed by atoms with Crippen molar-refractivity contribution in [2.75, 3.05) is 11.9 Å². The van der Waals surface area contributed by atoms with E-state index in [1.54, 1.807) is 6.07 Å². The van der Waals surface area contributed by atoms with Crippen molar-refractivity contribution >= 4 is 17.5 Å². The third kappa shape index (κ3) is 2.86. The van der Waals surface area contributed by atoms with E-state index in [1.807, 2.05) is 49.4 Å². The minimum absolute atomic E-state index is 0.00556. The highest BCUT2D eigenvalue weighted by molar-refractivity contribution is 6.02. The van der Waals surface area contributed by atoms with E-state index in [9.17, 15) is 9.59 Å². The molecule has 0 bridgehead atoms. The van der Waals surface area contributed by atoms with Crippen LogP contribution in [0.15, 0.2) is 48.5 Å². The van der Waals surface area contributed by atoms with Crippen molar-refractivity contribution < 1.29 is 9.59 Å². The largest absolute Gasteiger partial charge is 0.352 e. The highest BCUT2D eigenvalue weighted by Gasteiger charge is 2.29. The fourth-order valence-electron chi connectivity index (χ4n) is 2.78. The van der Waals surface area contributed by atoms with Gasteiger partial charge in [0.05, 0.1) is 5.92 Å². The van der Waals surface area contributed by atoms with Crippen molar-refractivity contribution in [3.8, 4) is 0 Å². The van der Waals surface area contributed by atoms with Crippen LogP contribution in [0.4, 0.5) is 5.69 Å². The number of carbonyl (C=O) groups is 2. The van der Waals surface area contributed by atoms with Gasteiger partial charge < -0.3 is 10.6 Å². The first-order chi connectivity index (χ1) is 10.6. The normalized spacial score (nSPS) is 16.0. The highest BCUT2D eigenvalue weighted by atomic mass is 16.2. The number of benzene rings is 2. The molecule has 1 heterocycles. The molecule has 0 spiro atoms. The van der Waals surface area contributed by atoms with Crippen LogP contribution in [0.25, 0.3) is 0 Å². The van der Waals surface area contributed by atoms with Crippen LogP contribution in [-0.4, -0.2) is 18.4 Å². The molecule has 0 aromatic heterocycles.